The van der Waals surface area contributed by atoms with Crippen LogP contribution in [0.2, 0.25) is 18.1 Å². The average molecular weight is 206 g/mol. The first-order chi connectivity index (χ1) is 5.17. The average Bonchev–Trinajstić information content (AvgIpc) is 1.81. The molecule has 0 aliphatic rings. The Bertz CT molecular complexity index is 172. The summed E-state index contributed by atoms with van der Waals surface area (Å²) >= 11 is 4.76. The molecule has 4 heteroatoms. The van der Waals surface area contributed by atoms with Crippen molar-refractivity contribution in [1.29, 1.82) is 0 Å². The number of rotatable bonds is 2. The minimum Gasteiger partial charge on any atom is -0.342 e. The quantitative estimate of drug-likeness (QED) is 0.299. The fourth-order valence-corrected chi connectivity index (χ4v) is 0.966. The van der Waals surface area contributed by atoms with Gasteiger partial charge >= 0.3 is 0 Å². The fourth-order valence-electron chi connectivity index (χ4n) is 0.288. The monoisotopic (exact) mass is 206 g/mol. The zero-order chi connectivity index (χ0) is 9.99. The molecule has 0 bridgehead atoms. The Morgan fingerprint density at radius 3 is 1.92 bits per heavy atom. The molecule has 0 spiro atoms. The van der Waals surface area contributed by atoms with Gasteiger partial charge in [0, 0.05) is 6.92 Å². The highest BCUT2D eigenvalue weighted by Crippen LogP contribution is 2.36. The molecule has 72 valence electrons. The number of thiocarbonyl (C=S) groups is 1. The molecule has 0 amide bonds. The van der Waals surface area contributed by atoms with Crippen LogP contribution in [0.5, 0.6) is 0 Å². The van der Waals surface area contributed by atoms with E-state index in [1.165, 1.54) is 0 Å². The maximum Gasteiger partial charge on any atom is 0.254 e. The van der Waals surface area contributed by atoms with Gasteiger partial charge in [-0.2, -0.15) is 0 Å². The van der Waals surface area contributed by atoms with Gasteiger partial charge in [0.05, 0.1) is 0 Å². The molecule has 0 aromatic rings. The molecule has 0 saturated carbocycles. The second-order valence-corrected chi connectivity index (χ2v) is 9.68. The van der Waals surface area contributed by atoms with Crippen LogP contribution in [0, 0.1) is 0 Å². The molecule has 0 saturated heterocycles. The van der Waals surface area contributed by atoms with Gasteiger partial charge in [-0.15, -0.1) is 0 Å². The SMILES string of the molecule is CC(=S)OO[Si](C)(C)C(C)(C)C. The lowest BCUT2D eigenvalue weighted by atomic mass is 10.2. The third kappa shape index (κ3) is 3.65. The highest BCUT2D eigenvalue weighted by Gasteiger charge is 2.39. The maximum atomic E-state index is 5.35. The Morgan fingerprint density at radius 1 is 1.25 bits per heavy atom. The van der Waals surface area contributed by atoms with Gasteiger partial charge in [-0.1, -0.05) is 20.8 Å². The first-order valence-corrected chi connectivity index (χ1v) is 7.35. The van der Waals surface area contributed by atoms with Crippen molar-refractivity contribution < 1.29 is 9.46 Å². The molecule has 12 heavy (non-hydrogen) atoms. The number of hydrogen-bond acceptors (Lipinski definition) is 3. The van der Waals surface area contributed by atoms with Crippen molar-refractivity contribution in [3.05, 3.63) is 0 Å². The van der Waals surface area contributed by atoms with Crippen molar-refractivity contribution in [2.24, 2.45) is 0 Å². The van der Waals surface area contributed by atoms with Gasteiger partial charge in [-0.3, -0.25) is 0 Å². The molecular weight excluding hydrogens is 188 g/mol. The molecule has 0 N–H and O–H groups in total. The van der Waals surface area contributed by atoms with E-state index >= 15 is 0 Å². The van der Waals surface area contributed by atoms with Crippen LogP contribution in [0.1, 0.15) is 27.7 Å². The normalized spacial score (nSPS) is 12.8. The van der Waals surface area contributed by atoms with Crippen molar-refractivity contribution in [2.45, 2.75) is 45.8 Å². The van der Waals surface area contributed by atoms with Crippen LogP contribution in [0.3, 0.4) is 0 Å². The predicted octanol–water partition coefficient (Wildman–Crippen LogP) is 3.29. The lowest BCUT2D eigenvalue weighted by Gasteiger charge is -2.33. The largest absolute Gasteiger partial charge is 0.342 e. The van der Waals surface area contributed by atoms with Gasteiger partial charge < -0.3 is 4.89 Å². The van der Waals surface area contributed by atoms with Crippen molar-refractivity contribution in [1.82, 2.24) is 0 Å². The minimum atomic E-state index is -1.78. The van der Waals surface area contributed by atoms with E-state index in [1.807, 2.05) is 0 Å². The Hall–Kier alpha value is 0.0669. The molecule has 0 atom stereocenters. The second kappa shape index (κ2) is 3.85. The van der Waals surface area contributed by atoms with Crippen LogP contribution >= 0.6 is 12.2 Å². The van der Waals surface area contributed by atoms with Crippen LogP contribution < -0.4 is 0 Å². The van der Waals surface area contributed by atoms with Crippen LogP contribution in [0.25, 0.3) is 0 Å². The lowest BCUT2D eigenvalue weighted by Crippen LogP contribution is -2.41. The van der Waals surface area contributed by atoms with Crippen LogP contribution in [0.4, 0.5) is 0 Å². The van der Waals surface area contributed by atoms with Gasteiger partial charge in [0.25, 0.3) is 8.32 Å². The van der Waals surface area contributed by atoms with Crippen LogP contribution in [0.15, 0.2) is 0 Å². The maximum absolute atomic E-state index is 5.35. The van der Waals surface area contributed by atoms with Crippen molar-refractivity contribution >= 4 is 25.6 Å². The summed E-state index contributed by atoms with van der Waals surface area (Å²) in [6.07, 6.45) is 0. The Kier molecular flexibility index (Phi) is 3.87. The molecule has 0 unspecified atom stereocenters. The van der Waals surface area contributed by atoms with E-state index in [0.29, 0.717) is 5.05 Å². The van der Waals surface area contributed by atoms with Gasteiger partial charge in [0.15, 0.2) is 0 Å². The molecule has 0 heterocycles. The molecule has 0 aliphatic heterocycles. The van der Waals surface area contributed by atoms with E-state index in [4.69, 9.17) is 21.7 Å². The van der Waals surface area contributed by atoms with E-state index in [9.17, 15) is 0 Å². The second-order valence-electron chi connectivity index (χ2n) is 4.42. The standard InChI is InChI=1S/C8H18O2SSi/c1-7(11)9-10-12(5,6)8(2,3)4/h1-6H3. The first kappa shape index (κ1) is 12.1. The summed E-state index contributed by atoms with van der Waals surface area (Å²) in [6, 6.07) is 0. The Morgan fingerprint density at radius 2 is 1.67 bits per heavy atom. The van der Waals surface area contributed by atoms with E-state index in [2.05, 4.69) is 33.9 Å². The predicted molar refractivity (Wildman–Crippen MR) is 57.6 cm³/mol. The summed E-state index contributed by atoms with van der Waals surface area (Å²) in [5.41, 5.74) is 0. The molecule has 0 aromatic carbocycles. The fraction of sp³-hybridized carbons (Fsp3) is 0.875. The summed E-state index contributed by atoms with van der Waals surface area (Å²) in [7, 11) is -1.78. The smallest absolute Gasteiger partial charge is 0.254 e. The highest BCUT2D eigenvalue weighted by atomic mass is 32.1. The van der Waals surface area contributed by atoms with E-state index in [-0.39, 0.29) is 5.04 Å². The minimum absolute atomic E-state index is 0.164. The summed E-state index contributed by atoms with van der Waals surface area (Å²) in [4.78, 5) is 4.93. The zero-order valence-electron chi connectivity index (χ0n) is 8.72. The van der Waals surface area contributed by atoms with Gasteiger partial charge in [-0.05, 0) is 30.4 Å². The molecule has 0 aromatic heterocycles. The first-order valence-electron chi connectivity index (χ1n) is 4.03. The summed E-state index contributed by atoms with van der Waals surface area (Å²) in [6.45, 7) is 12.4. The molecule has 0 radical (unpaired) electrons. The van der Waals surface area contributed by atoms with E-state index in [0.717, 1.165) is 0 Å². The third-order valence-electron chi connectivity index (χ3n) is 2.17. The van der Waals surface area contributed by atoms with Gasteiger partial charge in [0.2, 0.25) is 5.05 Å². The van der Waals surface area contributed by atoms with Crippen LogP contribution in [-0.4, -0.2) is 13.4 Å². The van der Waals surface area contributed by atoms with Crippen molar-refractivity contribution in [3.8, 4) is 0 Å². The Balaban J connectivity index is 4.14. The Labute approximate surface area is 81.3 Å². The molecule has 0 aliphatic carbocycles. The summed E-state index contributed by atoms with van der Waals surface area (Å²) in [5.74, 6) is 0. The molecule has 0 rings (SSSR count). The highest BCUT2D eigenvalue weighted by molar-refractivity contribution is 7.80. The summed E-state index contributed by atoms with van der Waals surface area (Å²) in [5, 5.41) is 0.609. The van der Waals surface area contributed by atoms with Crippen molar-refractivity contribution in [3.63, 3.8) is 0 Å². The molecular formula is C8H18O2SSi. The summed E-state index contributed by atoms with van der Waals surface area (Å²) < 4.78 is 5.35. The molecule has 0 fully saturated rings. The zero-order valence-corrected chi connectivity index (χ0v) is 10.5. The lowest BCUT2D eigenvalue weighted by molar-refractivity contribution is -0.130. The van der Waals surface area contributed by atoms with Crippen LogP contribution in [-0.2, 0) is 9.46 Å². The van der Waals surface area contributed by atoms with Gasteiger partial charge in [0.1, 0.15) is 0 Å². The van der Waals surface area contributed by atoms with Crippen molar-refractivity contribution in [2.75, 3.05) is 0 Å². The number of hydrogen-bond donors (Lipinski definition) is 0. The third-order valence-corrected chi connectivity index (χ3v) is 6.35. The van der Waals surface area contributed by atoms with E-state index in [1.54, 1.807) is 6.92 Å². The molecule has 2 nitrogen and oxygen atoms in total. The van der Waals surface area contributed by atoms with Gasteiger partial charge in [-0.25, -0.2) is 4.58 Å². The van der Waals surface area contributed by atoms with E-state index < -0.39 is 8.32 Å². The topological polar surface area (TPSA) is 18.5 Å².